The van der Waals surface area contributed by atoms with Crippen molar-refractivity contribution >= 4 is 23.5 Å². The topological polar surface area (TPSA) is 95.5 Å². The van der Waals surface area contributed by atoms with Gasteiger partial charge in [0.25, 0.3) is 11.8 Å². The van der Waals surface area contributed by atoms with E-state index in [0.29, 0.717) is 5.69 Å². The van der Waals surface area contributed by atoms with Gasteiger partial charge in [0, 0.05) is 11.3 Å². The zero-order valence-electron chi connectivity index (χ0n) is 11.9. The number of nitrogens with one attached hydrogen (secondary N) is 2. The van der Waals surface area contributed by atoms with Gasteiger partial charge in [0.15, 0.2) is 0 Å². The largest absolute Gasteiger partial charge is 0.480 e. The molecule has 0 radical (unpaired) electrons. The molecule has 6 nitrogen and oxygen atoms in total. The Morgan fingerprint density at radius 2 is 1.61 bits per heavy atom. The van der Waals surface area contributed by atoms with Gasteiger partial charge in [-0.2, -0.15) is 0 Å². The number of anilines is 1. The first-order valence-corrected chi connectivity index (χ1v) is 6.63. The first-order valence-electron chi connectivity index (χ1n) is 6.63. The molecule has 0 heterocycles. The number of carboxylic acids is 1. The summed E-state index contributed by atoms with van der Waals surface area (Å²) in [6, 6.07) is 11.4. The lowest BCUT2D eigenvalue weighted by Gasteiger charge is -2.07. The Balaban J connectivity index is 2.03. The molecule has 0 aliphatic carbocycles. The van der Waals surface area contributed by atoms with E-state index in [4.69, 9.17) is 5.11 Å². The van der Waals surface area contributed by atoms with Gasteiger partial charge >= 0.3 is 5.97 Å². The number of halogens is 1. The smallest absolute Gasteiger partial charge is 0.322 e. The van der Waals surface area contributed by atoms with Crippen LogP contribution >= 0.6 is 0 Å². The molecular formula is C16H13FN2O4. The molecular weight excluding hydrogens is 303 g/mol. The number of carbonyl (C=O) groups excluding carboxylic acids is 2. The van der Waals surface area contributed by atoms with E-state index in [2.05, 4.69) is 10.6 Å². The molecule has 2 rings (SSSR count). The third-order valence-corrected chi connectivity index (χ3v) is 2.92. The molecule has 0 fully saturated rings. The van der Waals surface area contributed by atoms with Gasteiger partial charge in [-0.1, -0.05) is 12.1 Å². The number of aliphatic carboxylic acids is 1. The summed E-state index contributed by atoms with van der Waals surface area (Å²) < 4.78 is 13.5. The molecule has 7 heteroatoms. The van der Waals surface area contributed by atoms with E-state index in [1.807, 2.05) is 0 Å². The molecule has 23 heavy (non-hydrogen) atoms. The second-order valence-electron chi connectivity index (χ2n) is 4.59. The second-order valence-corrected chi connectivity index (χ2v) is 4.59. The Labute approximate surface area is 130 Å². The molecule has 0 atom stereocenters. The number of benzene rings is 2. The normalized spacial score (nSPS) is 9.96. The van der Waals surface area contributed by atoms with Gasteiger partial charge < -0.3 is 15.7 Å². The lowest BCUT2D eigenvalue weighted by molar-refractivity contribution is -0.135. The molecule has 0 saturated heterocycles. The van der Waals surface area contributed by atoms with E-state index in [1.165, 1.54) is 42.5 Å². The minimum absolute atomic E-state index is 0.0872. The predicted octanol–water partition coefficient (Wildman–Crippen LogP) is 1.89. The molecule has 0 spiro atoms. The lowest BCUT2D eigenvalue weighted by atomic mass is 10.1. The molecule has 0 aromatic heterocycles. The summed E-state index contributed by atoms with van der Waals surface area (Å²) in [5.41, 5.74) is 0.541. The van der Waals surface area contributed by atoms with E-state index < -0.39 is 30.1 Å². The standard InChI is InChI=1S/C16H13FN2O4/c17-13-4-2-1-3-12(13)16(23)19-11-7-5-10(6-8-11)15(22)18-9-14(20)21/h1-8H,9H2,(H,18,22)(H,19,23)(H,20,21). The summed E-state index contributed by atoms with van der Waals surface area (Å²) in [6.07, 6.45) is 0. The molecule has 0 saturated carbocycles. The molecule has 3 N–H and O–H groups in total. The van der Waals surface area contributed by atoms with Gasteiger partial charge in [-0.15, -0.1) is 0 Å². The van der Waals surface area contributed by atoms with Crippen LogP contribution in [0.3, 0.4) is 0 Å². The van der Waals surface area contributed by atoms with Crippen LogP contribution in [-0.2, 0) is 4.79 Å². The minimum atomic E-state index is -1.15. The maximum absolute atomic E-state index is 13.5. The minimum Gasteiger partial charge on any atom is -0.480 e. The molecule has 0 aliphatic heterocycles. The summed E-state index contributed by atoms with van der Waals surface area (Å²) in [7, 11) is 0. The highest BCUT2D eigenvalue weighted by atomic mass is 19.1. The van der Waals surface area contributed by atoms with E-state index >= 15 is 0 Å². The van der Waals surface area contributed by atoms with Crippen molar-refractivity contribution in [3.63, 3.8) is 0 Å². The Morgan fingerprint density at radius 1 is 0.957 bits per heavy atom. The molecule has 2 aromatic carbocycles. The Bertz CT molecular complexity index is 744. The van der Waals surface area contributed by atoms with E-state index in [0.717, 1.165) is 0 Å². The number of amides is 2. The van der Waals surface area contributed by atoms with Gasteiger partial charge in [0.1, 0.15) is 12.4 Å². The third-order valence-electron chi connectivity index (χ3n) is 2.92. The van der Waals surface area contributed by atoms with Gasteiger partial charge in [-0.05, 0) is 36.4 Å². The van der Waals surface area contributed by atoms with Crippen LogP contribution in [0, 0.1) is 5.82 Å². The average molecular weight is 316 g/mol. The van der Waals surface area contributed by atoms with Crippen LogP contribution in [0.5, 0.6) is 0 Å². The van der Waals surface area contributed by atoms with Crippen molar-refractivity contribution in [3.8, 4) is 0 Å². The van der Waals surface area contributed by atoms with Crippen molar-refractivity contribution < 1.29 is 23.9 Å². The SMILES string of the molecule is O=C(O)CNC(=O)c1ccc(NC(=O)c2ccccc2F)cc1. The highest BCUT2D eigenvalue weighted by molar-refractivity contribution is 6.04. The first-order chi connectivity index (χ1) is 11.0. The van der Waals surface area contributed by atoms with Crippen LogP contribution in [-0.4, -0.2) is 29.4 Å². The Morgan fingerprint density at radius 3 is 2.22 bits per heavy atom. The van der Waals surface area contributed by atoms with E-state index in [1.54, 1.807) is 6.07 Å². The number of carbonyl (C=O) groups is 3. The zero-order chi connectivity index (χ0) is 16.8. The van der Waals surface area contributed by atoms with Gasteiger partial charge in [0.05, 0.1) is 5.56 Å². The van der Waals surface area contributed by atoms with Gasteiger partial charge in [0.2, 0.25) is 0 Å². The fourth-order valence-corrected chi connectivity index (χ4v) is 1.81. The predicted molar refractivity (Wildman–Crippen MR) is 80.8 cm³/mol. The van der Waals surface area contributed by atoms with E-state index in [9.17, 15) is 18.8 Å². The highest BCUT2D eigenvalue weighted by Gasteiger charge is 2.12. The summed E-state index contributed by atoms with van der Waals surface area (Å²) in [5, 5.41) is 13.2. The molecule has 0 bridgehead atoms. The molecule has 2 amide bonds. The van der Waals surface area contributed by atoms with Crippen LogP contribution < -0.4 is 10.6 Å². The van der Waals surface area contributed by atoms with Crippen LogP contribution in [0.2, 0.25) is 0 Å². The van der Waals surface area contributed by atoms with Gasteiger partial charge in [-0.25, -0.2) is 4.39 Å². The number of hydrogen-bond acceptors (Lipinski definition) is 3. The molecule has 118 valence electrons. The Hall–Kier alpha value is -3.22. The zero-order valence-corrected chi connectivity index (χ0v) is 11.9. The second kappa shape index (κ2) is 7.17. The summed E-state index contributed by atoms with van der Waals surface area (Å²) >= 11 is 0. The third kappa shape index (κ3) is 4.37. The lowest BCUT2D eigenvalue weighted by Crippen LogP contribution is -2.29. The number of hydrogen-bond donors (Lipinski definition) is 3. The maximum atomic E-state index is 13.5. The van der Waals surface area contributed by atoms with Crippen molar-refractivity contribution in [3.05, 3.63) is 65.5 Å². The molecule has 2 aromatic rings. The summed E-state index contributed by atoms with van der Waals surface area (Å²) in [5.74, 6) is -2.92. The van der Waals surface area contributed by atoms with Crippen molar-refractivity contribution in [1.82, 2.24) is 5.32 Å². The fraction of sp³-hybridized carbons (Fsp3) is 0.0625. The number of carboxylic acid groups (broad SMARTS) is 1. The Kier molecular flexibility index (Phi) is 5.03. The van der Waals surface area contributed by atoms with Gasteiger partial charge in [-0.3, -0.25) is 14.4 Å². The van der Waals surface area contributed by atoms with Crippen molar-refractivity contribution in [1.29, 1.82) is 0 Å². The summed E-state index contributed by atoms with van der Waals surface area (Å²) in [4.78, 5) is 34.0. The van der Waals surface area contributed by atoms with Crippen molar-refractivity contribution in [2.24, 2.45) is 0 Å². The monoisotopic (exact) mass is 316 g/mol. The molecule has 0 unspecified atom stereocenters. The van der Waals surface area contributed by atoms with Crippen LogP contribution in [0.4, 0.5) is 10.1 Å². The number of rotatable bonds is 5. The van der Waals surface area contributed by atoms with Crippen molar-refractivity contribution in [2.45, 2.75) is 0 Å². The first kappa shape index (κ1) is 16.2. The summed E-state index contributed by atoms with van der Waals surface area (Å²) in [6.45, 7) is -0.482. The van der Waals surface area contributed by atoms with E-state index in [-0.39, 0.29) is 11.1 Å². The van der Waals surface area contributed by atoms with Crippen LogP contribution in [0.25, 0.3) is 0 Å². The van der Waals surface area contributed by atoms with Crippen LogP contribution in [0.15, 0.2) is 48.5 Å². The maximum Gasteiger partial charge on any atom is 0.322 e. The highest BCUT2D eigenvalue weighted by Crippen LogP contribution is 2.13. The quantitative estimate of drug-likeness (QED) is 0.785. The fourth-order valence-electron chi connectivity index (χ4n) is 1.81. The van der Waals surface area contributed by atoms with Crippen molar-refractivity contribution in [2.75, 3.05) is 11.9 Å². The molecule has 0 aliphatic rings. The average Bonchev–Trinajstić information content (AvgIpc) is 2.53. The van der Waals surface area contributed by atoms with Crippen LogP contribution in [0.1, 0.15) is 20.7 Å².